The zero-order chi connectivity index (χ0) is 23.7. The van der Waals surface area contributed by atoms with Gasteiger partial charge in [0.1, 0.15) is 9.57 Å². The Balaban J connectivity index is 1.34. The van der Waals surface area contributed by atoms with Crippen molar-refractivity contribution in [2.45, 2.75) is 24.1 Å². The Kier molecular flexibility index (Phi) is 6.90. The van der Waals surface area contributed by atoms with E-state index in [-0.39, 0.29) is 17.4 Å². The third kappa shape index (κ3) is 4.99. The van der Waals surface area contributed by atoms with Crippen molar-refractivity contribution in [3.63, 3.8) is 0 Å². The Labute approximate surface area is 216 Å². The second-order valence-electron chi connectivity index (χ2n) is 8.77. The molecule has 1 fully saturated rings. The summed E-state index contributed by atoms with van der Waals surface area (Å²) in [6.45, 7) is 2.29. The van der Waals surface area contributed by atoms with E-state index in [9.17, 15) is 9.59 Å². The first-order valence-electron chi connectivity index (χ1n) is 11.2. The van der Waals surface area contributed by atoms with Crippen LogP contribution < -0.4 is 10.9 Å². The van der Waals surface area contributed by atoms with Gasteiger partial charge in [-0.25, -0.2) is 0 Å². The second kappa shape index (κ2) is 10.1. The summed E-state index contributed by atoms with van der Waals surface area (Å²) in [5.74, 6) is 0.540. The number of rotatable bonds is 4. The Bertz CT molecular complexity index is 1260. The van der Waals surface area contributed by atoms with Crippen LogP contribution in [0.5, 0.6) is 0 Å². The normalized spacial score (nSPS) is 19.7. The quantitative estimate of drug-likeness (QED) is 0.436. The number of likely N-dealkylation sites (tertiary alicyclic amines) is 1. The summed E-state index contributed by atoms with van der Waals surface area (Å²) in [7, 11) is 0. The molecule has 3 atom stereocenters. The minimum absolute atomic E-state index is 0.0753. The maximum absolute atomic E-state index is 13.4. The Morgan fingerprint density at radius 3 is 2.53 bits per heavy atom. The Hall–Kier alpha value is -2.42. The number of amides is 1. The molecule has 5 nitrogen and oxygen atoms in total. The lowest BCUT2D eigenvalue weighted by molar-refractivity contribution is -0.115. The molecule has 0 aliphatic carbocycles. The number of thiocarbonyl (C=S) groups is 1. The average molecular weight is 555 g/mol. The van der Waals surface area contributed by atoms with Crippen molar-refractivity contribution in [3.8, 4) is 0 Å². The lowest BCUT2D eigenvalue weighted by Crippen LogP contribution is -2.48. The third-order valence-electron chi connectivity index (χ3n) is 6.41. The van der Waals surface area contributed by atoms with Gasteiger partial charge in [-0.15, -0.1) is 0 Å². The van der Waals surface area contributed by atoms with Gasteiger partial charge in [0, 0.05) is 47.5 Å². The van der Waals surface area contributed by atoms with E-state index in [2.05, 4.69) is 32.2 Å². The summed E-state index contributed by atoms with van der Waals surface area (Å²) in [5, 5.41) is 2.57. The number of nitrogens with one attached hydrogen (secondary N) is 1. The van der Waals surface area contributed by atoms with Gasteiger partial charge in [-0.2, -0.15) is 0 Å². The molecular weight excluding hydrogens is 530 g/mol. The summed E-state index contributed by atoms with van der Waals surface area (Å²) in [6.07, 6.45) is 1.07. The fourth-order valence-corrected chi connectivity index (χ4v) is 6.52. The first-order valence-corrected chi connectivity index (χ1v) is 13.3. The number of anilines is 1. The summed E-state index contributed by atoms with van der Waals surface area (Å²) in [5.41, 5.74) is 2.83. The van der Waals surface area contributed by atoms with Gasteiger partial charge in [0.2, 0.25) is 5.91 Å². The highest BCUT2D eigenvalue weighted by Crippen LogP contribution is 2.39. The number of hydrogen-bond acceptors (Lipinski definition) is 4. The van der Waals surface area contributed by atoms with Gasteiger partial charge in [0.15, 0.2) is 0 Å². The molecule has 34 heavy (non-hydrogen) atoms. The zero-order valence-corrected chi connectivity index (χ0v) is 21.6. The fourth-order valence-electron chi connectivity index (χ4n) is 4.86. The Morgan fingerprint density at radius 1 is 1.00 bits per heavy atom. The van der Waals surface area contributed by atoms with Gasteiger partial charge in [-0.1, -0.05) is 76.3 Å². The molecule has 174 valence electrons. The lowest BCUT2D eigenvalue weighted by atomic mass is 9.83. The van der Waals surface area contributed by atoms with Crippen molar-refractivity contribution in [2.24, 2.45) is 5.92 Å². The van der Waals surface area contributed by atoms with E-state index in [0.29, 0.717) is 5.92 Å². The molecule has 1 aromatic heterocycles. The number of aromatic nitrogens is 1. The molecule has 3 aromatic rings. The molecule has 1 saturated heterocycles. The summed E-state index contributed by atoms with van der Waals surface area (Å²) in [4.78, 5) is 27.9. The van der Waals surface area contributed by atoms with Crippen molar-refractivity contribution in [3.05, 3.63) is 98.9 Å². The first kappa shape index (κ1) is 23.3. The van der Waals surface area contributed by atoms with E-state index in [1.807, 2.05) is 65.2 Å². The predicted octanol–water partition coefficient (Wildman–Crippen LogP) is 5.43. The van der Waals surface area contributed by atoms with E-state index >= 15 is 0 Å². The number of nitrogens with zero attached hydrogens (tertiary/aromatic N) is 2. The number of fused-ring (bicyclic) bond motifs is 4. The molecule has 2 bridgehead atoms. The minimum atomic E-state index is -0.464. The van der Waals surface area contributed by atoms with Crippen LogP contribution in [0.1, 0.15) is 28.8 Å². The molecule has 8 heteroatoms. The molecule has 0 spiro atoms. The molecule has 0 unspecified atom stereocenters. The number of thioether (sulfide) groups is 1. The van der Waals surface area contributed by atoms with Crippen LogP contribution in [0, 0.1) is 5.92 Å². The molecule has 1 N–H and O–H groups in total. The van der Waals surface area contributed by atoms with E-state index < -0.39 is 5.25 Å². The molecule has 0 saturated carbocycles. The first-order chi connectivity index (χ1) is 16.5. The lowest BCUT2D eigenvalue weighted by Gasteiger charge is -2.43. The van der Waals surface area contributed by atoms with Crippen LogP contribution >= 0.6 is 39.9 Å². The number of pyridine rings is 1. The Morgan fingerprint density at radius 2 is 1.76 bits per heavy atom. The molecule has 1 amide bonds. The third-order valence-corrected chi connectivity index (χ3v) is 8.67. The monoisotopic (exact) mass is 553 g/mol. The van der Waals surface area contributed by atoms with Gasteiger partial charge >= 0.3 is 0 Å². The molecule has 2 aliphatic heterocycles. The largest absolute Gasteiger partial charge is 0.356 e. The number of piperidine rings is 1. The number of carbonyl (C=O) groups is 1. The maximum atomic E-state index is 13.4. The average Bonchev–Trinajstić information content (AvgIpc) is 2.85. The van der Waals surface area contributed by atoms with Crippen molar-refractivity contribution in [2.75, 3.05) is 18.4 Å². The molecule has 2 aliphatic rings. The van der Waals surface area contributed by atoms with E-state index in [1.165, 1.54) is 11.8 Å². The van der Waals surface area contributed by atoms with E-state index in [0.717, 1.165) is 51.8 Å². The topological polar surface area (TPSA) is 54.3 Å². The fraction of sp³-hybridized carbons (Fsp3) is 0.269. The molecule has 0 radical (unpaired) electrons. The molecular formula is C26H24BrN3O2S2. The van der Waals surface area contributed by atoms with Gasteiger partial charge in [0.25, 0.3) is 5.56 Å². The smallest absolute Gasteiger partial charge is 0.250 e. The van der Waals surface area contributed by atoms with Crippen molar-refractivity contribution in [1.82, 2.24) is 9.47 Å². The van der Waals surface area contributed by atoms with E-state index in [1.54, 1.807) is 6.07 Å². The SMILES string of the molecule is O=C(Nc1ccc(Br)cc1)[C@H](SC(=S)N1C[C@H]2C[C@@H](C1)c1cccc(=O)n1C2)c1ccccc1. The second-order valence-corrected chi connectivity index (χ2v) is 11.4. The van der Waals surface area contributed by atoms with Crippen LogP contribution in [0.4, 0.5) is 5.69 Å². The maximum Gasteiger partial charge on any atom is 0.250 e. The highest BCUT2D eigenvalue weighted by atomic mass is 79.9. The van der Waals surface area contributed by atoms with Gasteiger partial charge in [0.05, 0.1) is 0 Å². The van der Waals surface area contributed by atoms with Crippen molar-refractivity contribution < 1.29 is 4.79 Å². The summed E-state index contributed by atoms with van der Waals surface area (Å²) in [6, 6.07) is 22.9. The predicted molar refractivity (Wildman–Crippen MR) is 145 cm³/mol. The van der Waals surface area contributed by atoms with E-state index in [4.69, 9.17) is 12.2 Å². The highest BCUT2D eigenvalue weighted by molar-refractivity contribution is 9.10. The number of halogens is 1. The van der Waals surface area contributed by atoms with Crippen LogP contribution in [-0.2, 0) is 11.3 Å². The summed E-state index contributed by atoms with van der Waals surface area (Å²) >= 11 is 10.7. The minimum Gasteiger partial charge on any atom is -0.356 e. The van der Waals surface area contributed by atoms with Crippen LogP contribution in [0.2, 0.25) is 0 Å². The van der Waals surface area contributed by atoms with Crippen LogP contribution in [-0.4, -0.2) is 32.8 Å². The number of benzene rings is 2. The van der Waals surface area contributed by atoms with Crippen molar-refractivity contribution >= 4 is 55.8 Å². The molecule has 5 rings (SSSR count). The summed E-state index contributed by atoms with van der Waals surface area (Å²) < 4.78 is 3.60. The molecule has 2 aromatic carbocycles. The molecule has 3 heterocycles. The number of hydrogen-bond donors (Lipinski definition) is 1. The van der Waals surface area contributed by atoms with Gasteiger partial charge in [-0.05, 0) is 48.2 Å². The highest BCUT2D eigenvalue weighted by Gasteiger charge is 2.36. The van der Waals surface area contributed by atoms with Crippen LogP contribution in [0.15, 0.2) is 82.1 Å². The van der Waals surface area contributed by atoms with Gasteiger partial charge < -0.3 is 14.8 Å². The number of carbonyl (C=O) groups excluding carboxylic acids is 1. The van der Waals surface area contributed by atoms with Crippen molar-refractivity contribution in [1.29, 1.82) is 0 Å². The zero-order valence-electron chi connectivity index (χ0n) is 18.4. The van der Waals surface area contributed by atoms with Crippen LogP contribution in [0.3, 0.4) is 0 Å². The van der Waals surface area contributed by atoms with Gasteiger partial charge in [-0.3, -0.25) is 9.59 Å². The van der Waals surface area contributed by atoms with Crippen LogP contribution in [0.25, 0.3) is 0 Å². The standard InChI is InChI=1S/C26H24BrN3O2S2/c27-20-9-11-21(12-10-20)28-25(32)24(18-5-2-1-3-6-18)34-26(33)29-14-17-13-19(16-29)22-7-4-8-23(31)30(22)15-17/h1-12,17,19,24H,13-16H2,(H,28,32)/t17-,19+,24-/m1/s1.